The number of aromatic nitrogens is 4. The molecule has 0 aliphatic rings. The van der Waals surface area contributed by atoms with Crippen molar-refractivity contribution in [3.63, 3.8) is 0 Å². The summed E-state index contributed by atoms with van der Waals surface area (Å²) in [7, 11) is 0. The molecule has 134 valence electrons. The minimum atomic E-state index is -4.64. The van der Waals surface area contributed by atoms with E-state index in [1.165, 1.54) is 0 Å². The lowest BCUT2D eigenvalue weighted by Gasteiger charge is -2.25. The van der Waals surface area contributed by atoms with Gasteiger partial charge in [-0.15, -0.1) is 5.10 Å². The number of aryl methyl sites for hydroxylation is 1. The maximum absolute atomic E-state index is 12.8. The zero-order chi connectivity index (χ0) is 18.1. The number of alkyl halides is 3. The average Bonchev–Trinajstić information content (AvgIpc) is 2.86. The normalized spacial score (nSPS) is 15.0. The number of hydrogen-bond donors (Lipinski definition) is 2. The topological polar surface area (TPSA) is 75.3 Å². The number of halogens is 3. The summed E-state index contributed by atoms with van der Waals surface area (Å²) in [6, 6.07) is 1.57. The Hall–Kier alpha value is -1.90. The number of rotatable bonds is 6. The van der Waals surface area contributed by atoms with Crippen molar-refractivity contribution in [3.8, 4) is 0 Å². The molecule has 9 heteroatoms. The predicted molar refractivity (Wildman–Crippen MR) is 83.7 cm³/mol. The molecule has 0 aromatic carbocycles. The van der Waals surface area contributed by atoms with Crippen molar-refractivity contribution in [2.45, 2.75) is 52.3 Å². The number of aliphatic hydroxyl groups is 1. The Morgan fingerprint density at radius 2 is 1.96 bits per heavy atom. The van der Waals surface area contributed by atoms with Crippen molar-refractivity contribution < 1.29 is 18.3 Å². The van der Waals surface area contributed by atoms with E-state index in [2.05, 4.69) is 34.2 Å². The number of fused-ring (bicyclic) bond motifs is 1. The van der Waals surface area contributed by atoms with Crippen LogP contribution in [0.1, 0.15) is 45.1 Å². The van der Waals surface area contributed by atoms with E-state index in [9.17, 15) is 18.3 Å². The van der Waals surface area contributed by atoms with E-state index in [4.69, 9.17) is 0 Å². The lowest BCUT2D eigenvalue weighted by atomic mass is 9.95. The Morgan fingerprint density at radius 3 is 2.54 bits per heavy atom. The van der Waals surface area contributed by atoms with Crippen LogP contribution in [0.2, 0.25) is 0 Å². The highest BCUT2D eigenvalue weighted by atomic mass is 19.4. The van der Waals surface area contributed by atoms with Crippen molar-refractivity contribution in [1.29, 1.82) is 0 Å². The summed E-state index contributed by atoms with van der Waals surface area (Å²) in [5, 5.41) is 16.8. The second-order valence-corrected chi connectivity index (χ2v) is 6.71. The van der Waals surface area contributed by atoms with Crippen LogP contribution >= 0.6 is 0 Å². The molecule has 1 unspecified atom stereocenters. The standard InChI is InChI=1S/C15H22F3N5O/c1-9(2)5-6-14(4,24)8-19-11-7-10(3)20-13-21-12(15(16,17)18)22-23(11)13/h7,9,19,24H,5-6,8H2,1-4H3. The summed E-state index contributed by atoms with van der Waals surface area (Å²) in [4.78, 5) is 7.38. The summed E-state index contributed by atoms with van der Waals surface area (Å²) in [6.45, 7) is 7.65. The third-order valence-electron chi connectivity index (χ3n) is 3.60. The van der Waals surface area contributed by atoms with Crippen molar-refractivity contribution >= 4 is 11.6 Å². The van der Waals surface area contributed by atoms with Gasteiger partial charge in [-0.3, -0.25) is 0 Å². The molecule has 0 radical (unpaired) electrons. The van der Waals surface area contributed by atoms with Gasteiger partial charge in [0.2, 0.25) is 0 Å². The quantitative estimate of drug-likeness (QED) is 0.842. The molecule has 24 heavy (non-hydrogen) atoms. The first-order valence-corrected chi connectivity index (χ1v) is 7.76. The van der Waals surface area contributed by atoms with E-state index in [1.807, 2.05) is 0 Å². The molecule has 1 atom stereocenters. The fraction of sp³-hybridized carbons (Fsp3) is 0.667. The van der Waals surface area contributed by atoms with Crippen LogP contribution in [0.25, 0.3) is 5.78 Å². The van der Waals surface area contributed by atoms with Crippen LogP contribution < -0.4 is 5.32 Å². The van der Waals surface area contributed by atoms with Gasteiger partial charge in [0, 0.05) is 18.3 Å². The Bertz CT molecular complexity index is 709. The van der Waals surface area contributed by atoms with Gasteiger partial charge in [0.05, 0.1) is 5.60 Å². The predicted octanol–water partition coefficient (Wildman–Crippen LogP) is 3.05. The SMILES string of the molecule is Cc1cc(NCC(C)(O)CCC(C)C)n2nc(C(F)(F)F)nc2n1. The van der Waals surface area contributed by atoms with Gasteiger partial charge >= 0.3 is 6.18 Å². The highest BCUT2D eigenvalue weighted by Crippen LogP contribution is 2.27. The summed E-state index contributed by atoms with van der Waals surface area (Å²) >= 11 is 0. The van der Waals surface area contributed by atoms with Crippen LogP contribution in [0.4, 0.5) is 19.0 Å². The maximum Gasteiger partial charge on any atom is 0.453 e. The van der Waals surface area contributed by atoms with Crippen molar-refractivity contribution in [2.75, 3.05) is 11.9 Å². The van der Waals surface area contributed by atoms with Gasteiger partial charge in [-0.25, -0.2) is 4.98 Å². The molecule has 2 aromatic rings. The smallest absolute Gasteiger partial charge is 0.388 e. The lowest BCUT2D eigenvalue weighted by molar-refractivity contribution is -0.144. The zero-order valence-electron chi connectivity index (χ0n) is 14.1. The number of hydrogen-bond acceptors (Lipinski definition) is 5. The first-order chi connectivity index (χ1) is 11.0. The van der Waals surface area contributed by atoms with Gasteiger partial charge in [-0.1, -0.05) is 13.8 Å². The van der Waals surface area contributed by atoms with E-state index in [1.54, 1.807) is 19.9 Å². The fourth-order valence-corrected chi connectivity index (χ4v) is 2.20. The molecule has 2 aromatic heterocycles. The minimum Gasteiger partial charge on any atom is -0.388 e. The zero-order valence-corrected chi connectivity index (χ0v) is 14.1. The molecule has 0 bridgehead atoms. The maximum atomic E-state index is 12.8. The highest BCUT2D eigenvalue weighted by Gasteiger charge is 2.37. The molecule has 0 saturated carbocycles. The van der Waals surface area contributed by atoms with Crippen molar-refractivity contribution in [3.05, 3.63) is 17.6 Å². The van der Waals surface area contributed by atoms with E-state index in [0.717, 1.165) is 10.9 Å². The molecule has 2 N–H and O–H groups in total. The van der Waals surface area contributed by atoms with Crippen LogP contribution in [-0.2, 0) is 6.18 Å². The van der Waals surface area contributed by atoms with E-state index >= 15 is 0 Å². The van der Waals surface area contributed by atoms with Crippen LogP contribution in [0, 0.1) is 12.8 Å². The van der Waals surface area contributed by atoms with Crippen LogP contribution in [0.3, 0.4) is 0 Å². The molecule has 0 amide bonds. The lowest BCUT2D eigenvalue weighted by Crippen LogP contribution is -2.34. The van der Waals surface area contributed by atoms with Gasteiger partial charge in [0.1, 0.15) is 5.82 Å². The molecular formula is C15H22F3N5O. The van der Waals surface area contributed by atoms with Crippen molar-refractivity contribution in [1.82, 2.24) is 19.6 Å². The molecule has 6 nitrogen and oxygen atoms in total. The largest absolute Gasteiger partial charge is 0.453 e. The summed E-state index contributed by atoms with van der Waals surface area (Å²) < 4.78 is 39.4. The van der Waals surface area contributed by atoms with Gasteiger partial charge in [-0.2, -0.15) is 22.7 Å². The molecule has 0 aliphatic carbocycles. The van der Waals surface area contributed by atoms with E-state index < -0.39 is 17.6 Å². The van der Waals surface area contributed by atoms with Crippen LogP contribution in [-0.4, -0.2) is 36.8 Å². The molecule has 2 heterocycles. The molecule has 0 fully saturated rings. The summed E-state index contributed by atoms with van der Waals surface area (Å²) in [5.74, 6) is -0.608. The molecule has 0 spiro atoms. The third kappa shape index (κ3) is 4.56. The fourth-order valence-electron chi connectivity index (χ4n) is 2.20. The number of anilines is 1. The summed E-state index contributed by atoms with van der Waals surface area (Å²) in [6.07, 6.45) is -3.21. The van der Waals surface area contributed by atoms with Crippen LogP contribution in [0.5, 0.6) is 0 Å². The van der Waals surface area contributed by atoms with Crippen molar-refractivity contribution in [2.24, 2.45) is 5.92 Å². The number of nitrogens with one attached hydrogen (secondary N) is 1. The van der Waals surface area contributed by atoms with Gasteiger partial charge in [0.15, 0.2) is 0 Å². The Balaban J connectivity index is 2.23. The Labute approximate surface area is 138 Å². The van der Waals surface area contributed by atoms with E-state index in [0.29, 0.717) is 23.9 Å². The molecule has 2 rings (SSSR count). The van der Waals surface area contributed by atoms with Gasteiger partial charge in [0.25, 0.3) is 11.6 Å². The first-order valence-electron chi connectivity index (χ1n) is 7.76. The monoisotopic (exact) mass is 345 g/mol. The highest BCUT2D eigenvalue weighted by molar-refractivity contribution is 5.45. The third-order valence-corrected chi connectivity index (χ3v) is 3.60. The minimum absolute atomic E-state index is 0.133. The van der Waals surface area contributed by atoms with E-state index in [-0.39, 0.29) is 12.3 Å². The second kappa shape index (κ2) is 6.54. The molecule has 0 saturated heterocycles. The number of nitrogens with zero attached hydrogens (tertiary/aromatic N) is 4. The van der Waals surface area contributed by atoms with Crippen LogP contribution in [0.15, 0.2) is 6.07 Å². The van der Waals surface area contributed by atoms with Gasteiger partial charge < -0.3 is 10.4 Å². The van der Waals surface area contributed by atoms with Gasteiger partial charge in [-0.05, 0) is 32.6 Å². The molecule has 0 aliphatic heterocycles. The first kappa shape index (κ1) is 18.4. The molecular weight excluding hydrogens is 323 g/mol. The average molecular weight is 345 g/mol. The Kier molecular flexibility index (Phi) is 5.03. The Morgan fingerprint density at radius 1 is 1.29 bits per heavy atom. The summed E-state index contributed by atoms with van der Waals surface area (Å²) in [5.41, 5.74) is -0.478. The second-order valence-electron chi connectivity index (χ2n) is 6.71.